The minimum absolute atomic E-state index is 0.533. The summed E-state index contributed by atoms with van der Waals surface area (Å²) in [5.41, 5.74) is 2.02. The molecule has 0 aliphatic rings. The Hall–Kier alpha value is -2.14. The second-order valence-corrected chi connectivity index (χ2v) is 5.46. The number of rotatable bonds is 4. The molecular formula is C16H13BrN2O2. The molecule has 3 aromatic rings. The van der Waals surface area contributed by atoms with Gasteiger partial charge in [0.15, 0.2) is 5.82 Å². The van der Waals surface area contributed by atoms with Gasteiger partial charge in [-0.05, 0) is 42.0 Å². The molecule has 0 spiro atoms. The first-order valence-electron chi connectivity index (χ1n) is 6.46. The van der Waals surface area contributed by atoms with E-state index in [0.29, 0.717) is 18.1 Å². The lowest BCUT2D eigenvalue weighted by molar-refractivity contribution is 0.414. The third kappa shape index (κ3) is 3.31. The number of nitrogens with zero attached hydrogens (tertiary/aromatic N) is 2. The molecule has 1 aromatic heterocycles. The van der Waals surface area contributed by atoms with E-state index in [2.05, 4.69) is 26.1 Å². The summed E-state index contributed by atoms with van der Waals surface area (Å²) in [7, 11) is 1.65. The van der Waals surface area contributed by atoms with Gasteiger partial charge in [-0.2, -0.15) is 4.98 Å². The fourth-order valence-corrected chi connectivity index (χ4v) is 2.23. The Labute approximate surface area is 130 Å². The Morgan fingerprint density at radius 2 is 1.76 bits per heavy atom. The second-order valence-electron chi connectivity index (χ2n) is 4.55. The van der Waals surface area contributed by atoms with Gasteiger partial charge in [-0.25, -0.2) is 0 Å². The van der Waals surface area contributed by atoms with Crippen molar-refractivity contribution in [1.29, 1.82) is 0 Å². The molecule has 0 radical (unpaired) electrons. The van der Waals surface area contributed by atoms with E-state index in [9.17, 15) is 0 Å². The number of hydrogen-bond donors (Lipinski definition) is 0. The summed E-state index contributed by atoms with van der Waals surface area (Å²) in [6.07, 6.45) is 0.629. The number of hydrogen-bond acceptors (Lipinski definition) is 4. The molecule has 0 atom stereocenters. The molecule has 21 heavy (non-hydrogen) atoms. The van der Waals surface area contributed by atoms with E-state index in [0.717, 1.165) is 21.3 Å². The van der Waals surface area contributed by atoms with Gasteiger partial charge < -0.3 is 9.26 Å². The lowest BCUT2D eigenvalue weighted by atomic mass is 10.1. The normalized spacial score (nSPS) is 10.6. The SMILES string of the molecule is COc1ccc(Cc2noc(-c3ccc(Br)cc3)n2)cc1. The highest BCUT2D eigenvalue weighted by atomic mass is 79.9. The van der Waals surface area contributed by atoms with E-state index < -0.39 is 0 Å². The summed E-state index contributed by atoms with van der Waals surface area (Å²) in [5.74, 6) is 2.03. The van der Waals surface area contributed by atoms with Crippen molar-refractivity contribution in [2.45, 2.75) is 6.42 Å². The predicted octanol–water partition coefficient (Wildman–Crippen LogP) is 4.10. The second kappa shape index (κ2) is 6.10. The van der Waals surface area contributed by atoms with Crippen LogP contribution in [-0.2, 0) is 6.42 Å². The summed E-state index contributed by atoms with van der Waals surface area (Å²) in [6, 6.07) is 15.6. The lowest BCUT2D eigenvalue weighted by Crippen LogP contribution is -1.91. The fourth-order valence-electron chi connectivity index (χ4n) is 1.96. The number of ether oxygens (including phenoxy) is 1. The maximum Gasteiger partial charge on any atom is 0.257 e. The van der Waals surface area contributed by atoms with E-state index in [-0.39, 0.29) is 0 Å². The number of aromatic nitrogens is 2. The summed E-state index contributed by atoms with van der Waals surface area (Å²) in [6.45, 7) is 0. The first-order valence-corrected chi connectivity index (χ1v) is 7.25. The van der Waals surface area contributed by atoms with E-state index in [1.165, 1.54) is 0 Å². The molecule has 0 bridgehead atoms. The molecule has 2 aromatic carbocycles. The third-order valence-corrected chi connectivity index (χ3v) is 3.61. The van der Waals surface area contributed by atoms with Crippen LogP contribution in [0.3, 0.4) is 0 Å². The molecule has 0 unspecified atom stereocenters. The molecule has 0 N–H and O–H groups in total. The molecule has 3 rings (SSSR count). The van der Waals surface area contributed by atoms with Crippen LogP contribution in [0.25, 0.3) is 11.5 Å². The zero-order valence-corrected chi connectivity index (χ0v) is 13.0. The summed E-state index contributed by atoms with van der Waals surface area (Å²) >= 11 is 3.40. The van der Waals surface area contributed by atoms with E-state index in [1.54, 1.807) is 7.11 Å². The number of halogens is 1. The largest absolute Gasteiger partial charge is 0.497 e. The van der Waals surface area contributed by atoms with Gasteiger partial charge in [-0.3, -0.25) is 0 Å². The molecule has 0 aliphatic carbocycles. The van der Waals surface area contributed by atoms with E-state index >= 15 is 0 Å². The zero-order valence-electron chi connectivity index (χ0n) is 11.4. The van der Waals surface area contributed by atoms with Gasteiger partial charge in [0.25, 0.3) is 5.89 Å². The minimum Gasteiger partial charge on any atom is -0.497 e. The van der Waals surface area contributed by atoms with Gasteiger partial charge in [0.1, 0.15) is 5.75 Å². The monoisotopic (exact) mass is 344 g/mol. The van der Waals surface area contributed by atoms with Crippen LogP contribution in [0.15, 0.2) is 57.5 Å². The van der Waals surface area contributed by atoms with Crippen molar-refractivity contribution in [1.82, 2.24) is 10.1 Å². The zero-order chi connectivity index (χ0) is 14.7. The lowest BCUT2D eigenvalue weighted by Gasteiger charge is -2.00. The maximum atomic E-state index is 5.31. The average molecular weight is 345 g/mol. The van der Waals surface area contributed by atoms with Crippen LogP contribution < -0.4 is 4.74 Å². The van der Waals surface area contributed by atoms with Crippen molar-refractivity contribution in [2.75, 3.05) is 7.11 Å². The van der Waals surface area contributed by atoms with Crippen LogP contribution in [-0.4, -0.2) is 17.3 Å². The Kier molecular flexibility index (Phi) is 4.01. The highest BCUT2D eigenvalue weighted by Crippen LogP contribution is 2.21. The summed E-state index contributed by atoms with van der Waals surface area (Å²) in [4.78, 5) is 4.42. The Morgan fingerprint density at radius 3 is 2.43 bits per heavy atom. The maximum absolute atomic E-state index is 5.31. The number of benzene rings is 2. The van der Waals surface area contributed by atoms with E-state index in [1.807, 2.05) is 48.5 Å². The highest BCUT2D eigenvalue weighted by molar-refractivity contribution is 9.10. The topological polar surface area (TPSA) is 48.2 Å². The molecule has 0 saturated carbocycles. The van der Waals surface area contributed by atoms with Crippen molar-refractivity contribution < 1.29 is 9.26 Å². The quantitative estimate of drug-likeness (QED) is 0.714. The average Bonchev–Trinajstić information content (AvgIpc) is 2.97. The van der Waals surface area contributed by atoms with Crippen molar-refractivity contribution in [3.63, 3.8) is 0 Å². The molecule has 4 nitrogen and oxygen atoms in total. The summed E-state index contributed by atoms with van der Waals surface area (Å²) in [5, 5.41) is 4.02. The molecule has 106 valence electrons. The highest BCUT2D eigenvalue weighted by Gasteiger charge is 2.09. The van der Waals surface area contributed by atoms with Crippen LogP contribution in [0.4, 0.5) is 0 Å². The Balaban J connectivity index is 1.76. The molecular weight excluding hydrogens is 332 g/mol. The fraction of sp³-hybridized carbons (Fsp3) is 0.125. The van der Waals surface area contributed by atoms with Gasteiger partial charge >= 0.3 is 0 Å². The standard InChI is InChI=1S/C16H13BrN2O2/c1-20-14-8-2-11(3-9-14)10-15-18-16(21-19-15)12-4-6-13(17)7-5-12/h2-9H,10H2,1H3. The molecule has 0 aliphatic heterocycles. The first-order chi connectivity index (χ1) is 10.2. The van der Waals surface area contributed by atoms with Crippen LogP contribution >= 0.6 is 15.9 Å². The molecule has 1 heterocycles. The molecule has 0 amide bonds. The Bertz CT molecular complexity index is 721. The van der Waals surface area contributed by atoms with Gasteiger partial charge in [0.2, 0.25) is 0 Å². The third-order valence-electron chi connectivity index (χ3n) is 3.08. The first kappa shape index (κ1) is 13.8. The van der Waals surface area contributed by atoms with Crippen molar-refractivity contribution in [3.8, 4) is 17.2 Å². The molecule has 0 fully saturated rings. The summed E-state index contributed by atoms with van der Waals surface area (Å²) < 4.78 is 11.5. The molecule has 0 saturated heterocycles. The van der Waals surface area contributed by atoms with Crippen LogP contribution in [0.1, 0.15) is 11.4 Å². The van der Waals surface area contributed by atoms with Crippen LogP contribution in [0, 0.1) is 0 Å². The smallest absolute Gasteiger partial charge is 0.257 e. The van der Waals surface area contributed by atoms with E-state index in [4.69, 9.17) is 9.26 Å². The van der Waals surface area contributed by atoms with Gasteiger partial charge in [-0.1, -0.05) is 33.2 Å². The van der Waals surface area contributed by atoms with Crippen LogP contribution in [0.2, 0.25) is 0 Å². The minimum atomic E-state index is 0.533. The predicted molar refractivity (Wildman–Crippen MR) is 83.2 cm³/mol. The van der Waals surface area contributed by atoms with Gasteiger partial charge in [-0.15, -0.1) is 0 Å². The van der Waals surface area contributed by atoms with Crippen molar-refractivity contribution in [2.24, 2.45) is 0 Å². The number of methoxy groups -OCH3 is 1. The van der Waals surface area contributed by atoms with Crippen LogP contribution in [0.5, 0.6) is 5.75 Å². The van der Waals surface area contributed by atoms with Gasteiger partial charge in [0.05, 0.1) is 7.11 Å². The van der Waals surface area contributed by atoms with Gasteiger partial charge in [0, 0.05) is 16.5 Å². The molecule has 5 heteroatoms. The Morgan fingerprint density at radius 1 is 1.05 bits per heavy atom. The van der Waals surface area contributed by atoms with Crippen molar-refractivity contribution in [3.05, 3.63) is 64.4 Å². The van der Waals surface area contributed by atoms with Crippen molar-refractivity contribution >= 4 is 15.9 Å².